The molecule has 1 aromatic carbocycles. The van der Waals surface area contributed by atoms with Crippen molar-refractivity contribution in [3.63, 3.8) is 0 Å². The van der Waals surface area contributed by atoms with Gasteiger partial charge in [-0.25, -0.2) is 9.78 Å². The monoisotopic (exact) mass is 428 g/mol. The van der Waals surface area contributed by atoms with Gasteiger partial charge in [0.25, 0.3) is 0 Å². The molecule has 0 radical (unpaired) electrons. The number of nitrogens with one attached hydrogen (secondary N) is 1. The lowest BCUT2D eigenvalue weighted by atomic mass is 9.79. The van der Waals surface area contributed by atoms with Gasteiger partial charge in [-0.15, -0.1) is 12.4 Å². The number of fused-ring (bicyclic) bond motifs is 1. The Bertz CT molecular complexity index is 958. The van der Waals surface area contributed by atoms with Crippen LogP contribution in [-0.4, -0.2) is 22.2 Å². The molecule has 1 aliphatic rings. The first-order valence-corrected chi connectivity index (χ1v) is 8.64. The summed E-state index contributed by atoms with van der Waals surface area (Å²) in [6.07, 6.45) is -3.46. The number of aliphatic carboxylic acids is 1. The van der Waals surface area contributed by atoms with E-state index in [0.29, 0.717) is 5.69 Å². The molecule has 0 saturated carbocycles. The summed E-state index contributed by atoms with van der Waals surface area (Å²) in [5, 5.41) is 12.8. The fourth-order valence-electron chi connectivity index (χ4n) is 3.39. The van der Waals surface area contributed by atoms with Crippen LogP contribution in [0.3, 0.4) is 0 Å². The number of nitrogens with zero attached hydrogens (tertiary/aromatic N) is 1. The predicted octanol–water partition coefficient (Wildman–Crippen LogP) is 5.23. The van der Waals surface area contributed by atoms with Crippen LogP contribution < -0.4 is 10.1 Å². The van der Waals surface area contributed by atoms with Crippen LogP contribution in [0.25, 0.3) is 0 Å². The van der Waals surface area contributed by atoms with Gasteiger partial charge in [0.15, 0.2) is 0 Å². The summed E-state index contributed by atoms with van der Waals surface area (Å²) >= 11 is 0. The molecule has 0 saturated heterocycles. The van der Waals surface area contributed by atoms with Gasteiger partial charge in [0, 0.05) is 23.1 Å². The van der Waals surface area contributed by atoms with Crippen LogP contribution in [0.2, 0.25) is 0 Å². The third-order valence-corrected chi connectivity index (χ3v) is 4.41. The second-order valence-electron chi connectivity index (χ2n) is 6.73. The van der Waals surface area contributed by atoms with Crippen LogP contribution in [0.4, 0.5) is 18.9 Å². The number of carbonyl (C=O) groups is 1. The summed E-state index contributed by atoms with van der Waals surface area (Å²) in [5.74, 6) is -2.39. The van der Waals surface area contributed by atoms with E-state index in [1.54, 1.807) is 19.9 Å². The van der Waals surface area contributed by atoms with Crippen LogP contribution in [0.15, 0.2) is 47.8 Å². The molecule has 1 aromatic heterocycles. The van der Waals surface area contributed by atoms with Crippen molar-refractivity contribution in [2.75, 3.05) is 5.32 Å². The molecule has 5 nitrogen and oxygen atoms in total. The van der Waals surface area contributed by atoms with E-state index in [-0.39, 0.29) is 46.8 Å². The van der Waals surface area contributed by atoms with Crippen LogP contribution in [0, 0.1) is 0 Å². The van der Waals surface area contributed by atoms with Crippen LogP contribution in [-0.2, 0) is 11.0 Å². The lowest BCUT2D eigenvalue weighted by Gasteiger charge is -2.32. The van der Waals surface area contributed by atoms with E-state index in [9.17, 15) is 23.1 Å². The number of aromatic nitrogens is 1. The number of hydrogen-bond acceptors (Lipinski definition) is 4. The highest BCUT2D eigenvalue weighted by molar-refractivity contribution is 5.93. The molecule has 2 aromatic rings. The molecule has 0 bridgehead atoms. The number of anilines is 1. The summed E-state index contributed by atoms with van der Waals surface area (Å²) in [6, 6.07) is 6.57. The predicted molar refractivity (Wildman–Crippen MR) is 104 cm³/mol. The van der Waals surface area contributed by atoms with Gasteiger partial charge in [0.2, 0.25) is 5.88 Å². The largest absolute Gasteiger partial charge is 0.478 e. The molecule has 0 aliphatic carbocycles. The highest BCUT2D eigenvalue weighted by Gasteiger charge is 2.41. The number of allylic oxidation sites excluding steroid dienone is 1. The van der Waals surface area contributed by atoms with Gasteiger partial charge in [-0.05, 0) is 38.5 Å². The lowest BCUT2D eigenvalue weighted by molar-refractivity contribution is -0.139. The quantitative estimate of drug-likeness (QED) is 0.698. The minimum absolute atomic E-state index is 0. The molecule has 1 atom stereocenters. The van der Waals surface area contributed by atoms with Gasteiger partial charge in [0.05, 0.1) is 23.2 Å². The molecule has 2 N–H and O–H groups in total. The number of benzene rings is 1. The minimum Gasteiger partial charge on any atom is -0.478 e. The maximum atomic E-state index is 13.7. The molecule has 1 aliphatic heterocycles. The number of alkyl halides is 3. The summed E-state index contributed by atoms with van der Waals surface area (Å²) < 4.78 is 46.8. The fourth-order valence-corrected chi connectivity index (χ4v) is 3.39. The van der Waals surface area contributed by atoms with Crippen molar-refractivity contribution in [2.45, 2.75) is 39.0 Å². The summed E-state index contributed by atoms with van der Waals surface area (Å²) in [4.78, 5) is 16.2. The number of rotatable bonds is 4. The zero-order valence-electron chi connectivity index (χ0n) is 15.9. The number of carboxylic acids is 1. The zero-order chi connectivity index (χ0) is 20.6. The van der Waals surface area contributed by atoms with Crippen molar-refractivity contribution in [3.8, 4) is 5.88 Å². The van der Waals surface area contributed by atoms with Crippen molar-refractivity contribution in [3.05, 3.63) is 64.5 Å². The molecule has 3 rings (SSSR count). The van der Waals surface area contributed by atoms with Gasteiger partial charge in [-0.1, -0.05) is 18.2 Å². The molecular formula is C20H20ClF3N2O3. The molecule has 2 heterocycles. The van der Waals surface area contributed by atoms with Crippen molar-refractivity contribution in [1.82, 2.24) is 4.98 Å². The van der Waals surface area contributed by atoms with E-state index in [0.717, 1.165) is 6.07 Å². The highest BCUT2D eigenvalue weighted by Crippen LogP contribution is 2.48. The Morgan fingerprint density at radius 2 is 1.90 bits per heavy atom. The van der Waals surface area contributed by atoms with Crippen molar-refractivity contribution < 1.29 is 27.8 Å². The molecule has 0 spiro atoms. The normalized spacial score (nSPS) is 16.0. The standard InChI is InChI=1S/C20H19F3N2O3.ClH/c1-10(2)28-18-17-14(8-9-24-18)25-11(3)15(19(26)27)16(17)12-6-4-5-7-13(12)20(21,22)23;/h4-10,16,25H,1-3H3,(H,26,27);1H. The van der Waals surface area contributed by atoms with E-state index in [1.165, 1.54) is 31.3 Å². The number of pyridine rings is 1. The highest BCUT2D eigenvalue weighted by atomic mass is 35.5. The van der Waals surface area contributed by atoms with E-state index in [1.807, 2.05) is 0 Å². The first-order valence-electron chi connectivity index (χ1n) is 8.64. The SMILES string of the molecule is CC1=C(C(=O)O)C(c2ccccc2C(F)(F)F)c2c(ccnc2OC(C)C)N1.Cl. The molecular weight excluding hydrogens is 409 g/mol. The maximum absolute atomic E-state index is 13.7. The Balaban J connectivity index is 0.00000300. The molecule has 156 valence electrons. The minimum atomic E-state index is -4.64. The third-order valence-electron chi connectivity index (χ3n) is 4.41. The summed E-state index contributed by atoms with van der Waals surface area (Å²) in [7, 11) is 0. The van der Waals surface area contributed by atoms with Crippen LogP contribution in [0.1, 0.15) is 43.4 Å². The van der Waals surface area contributed by atoms with Gasteiger partial charge in [0.1, 0.15) is 0 Å². The fraction of sp³-hybridized carbons (Fsp3) is 0.300. The van der Waals surface area contributed by atoms with E-state index >= 15 is 0 Å². The number of hydrogen-bond donors (Lipinski definition) is 2. The summed E-state index contributed by atoms with van der Waals surface area (Å²) in [5.41, 5.74) is -0.213. The lowest BCUT2D eigenvalue weighted by Crippen LogP contribution is -2.26. The first-order chi connectivity index (χ1) is 13.1. The molecule has 0 fully saturated rings. The van der Waals surface area contributed by atoms with Gasteiger partial charge in [-0.2, -0.15) is 13.2 Å². The smallest absolute Gasteiger partial charge is 0.416 e. The van der Waals surface area contributed by atoms with E-state index in [2.05, 4.69) is 10.3 Å². The molecule has 1 unspecified atom stereocenters. The Hall–Kier alpha value is -2.74. The Kier molecular flexibility index (Phi) is 6.47. The third kappa shape index (κ3) is 4.32. The average Bonchev–Trinajstić information content (AvgIpc) is 2.59. The van der Waals surface area contributed by atoms with Crippen molar-refractivity contribution >= 4 is 24.1 Å². The van der Waals surface area contributed by atoms with E-state index < -0.39 is 23.6 Å². The van der Waals surface area contributed by atoms with Crippen molar-refractivity contribution in [1.29, 1.82) is 0 Å². The Morgan fingerprint density at radius 1 is 1.24 bits per heavy atom. The molecule has 29 heavy (non-hydrogen) atoms. The topological polar surface area (TPSA) is 71.5 Å². The van der Waals surface area contributed by atoms with Crippen LogP contribution >= 0.6 is 12.4 Å². The summed E-state index contributed by atoms with van der Waals surface area (Å²) in [6.45, 7) is 5.05. The second kappa shape index (κ2) is 8.32. The number of halogens is 4. The Labute approximate surface area is 172 Å². The molecule has 9 heteroatoms. The van der Waals surface area contributed by atoms with Gasteiger partial charge >= 0.3 is 12.1 Å². The number of ether oxygens (including phenoxy) is 1. The maximum Gasteiger partial charge on any atom is 0.416 e. The Morgan fingerprint density at radius 3 is 2.48 bits per heavy atom. The van der Waals surface area contributed by atoms with Crippen molar-refractivity contribution in [2.24, 2.45) is 0 Å². The van der Waals surface area contributed by atoms with E-state index in [4.69, 9.17) is 4.74 Å². The van der Waals surface area contributed by atoms with Gasteiger partial charge in [-0.3, -0.25) is 0 Å². The number of carboxylic acid groups (broad SMARTS) is 1. The first kappa shape index (κ1) is 22.5. The molecule has 0 amide bonds. The zero-order valence-corrected chi connectivity index (χ0v) is 16.7. The second-order valence-corrected chi connectivity index (χ2v) is 6.73. The average molecular weight is 429 g/mol. The van der Waals surface area contributed by atoms with Crippen LogP contribution in [0.5, 0.6) is 5.88 Å². The van der Waals surface area contributed by atoms with Gasteiger partial charge < -0.3 is 15.2 Å².